The summed E-state index contributed by atoms with van der Waals surface area (Å²) < 4.78 is 0. The van der Waals surface area contributed by atoms with Gasteiger partial charge in [-0.3, -0.25) is 0 Å². The van der Waals surface area contributed by atoms with Gasteiger partial charge in [0.2, 0.25) is 0 Å². The molecular weight excluding hydrogens is 312 g/mol. The molecule has 2 aliphatic carbocycles. The van der Waals surface area contributed by atoms with Gasteiger partial charge in [0.15, 0.2) is 0 Å². The SMILES string of the molecule is CCCCCCCC1(c2ccc3c(c2)CCC(CCC)C3)CCCCC1. The van der Waals surface area contributed by atoms with Gasteiger partial charge in [-0.1, -0.05) is 96.3 Å². The van der Waals surface area contributed by atoms with Crippen LogP contribution in [0.15, 0.2) is 18.2 Å². The summed E-state index contributed by atoms with van der Waals surface area (Å²) in [7, 11) is 0. The fraction of sp³-hybridized carbons (Fsp3) is 0.769. The highest BCUT2D eigenvalue weighted by atomic mass is 14.4. The van der Waals surface area contributed by atoms with Crippen LogP contribution in [0, 0.1) is 5.92 Å². The zero-order valence-corrected chi connectivity index (χ0v) is 17.6. The highest BCUT2D eigenvalue weighted by Crippen LogP contribution is 2.44. The maximum atomic E-state index is 2.66. The third-order valence-electron chi connectivity index (χ3n) is 7.42. The summed E-state index contributed by atoms with van der Waals surface area (Å²) in [6, 6.07) is 7.74. The van der Waals surface area contributed by atoms with E-state index < -0.39 is 0 Å². The Kier molecular flexibility index (Phi) is 7.64. The third kappa shape index (κ3) is 4.93. The molecule has 146 valence electrons. The van der Waals surface area contributed by atoms with Crippen LogP contribution in [-0.4, -0.2) is 0 Å². The van der Waals surface area contributed by atoms with Gasteiger partial charge in [-0.25, -0.2) is 0 Å². The van der Waals surface area contributed by atoms with E-state index in [2.05, 4.69) is 32.0 Å². The minimum absolute atomic E-state index is 0.514. The van der Waals surface area contributed by atoms with Gasteiger partial charge in [0.05, 0.1) is 0 Å². The molecule has 1 unspecified atom stereocenters. The minimum atomic E-state index is 0.514. The fourth-order valence-corrected chi connectivity index (χ4v) is 5.79. The molecule has 0 nitrogen and oxygen atoms in total. The molecule has 0 heterocycles. The quantitative estimate of drug-likeness (QED) is 0.392. The average Bonchev–Trinajstić information content (AvgIpc) is 2.68. The lowest BCUT2D eigenvalue weighted by atomic mass is 9.65. The lowest BCUT2D eigenvalue weighted by Gasteiger charge is -2.39. The summed E-state index contributed by atoms with van der Waals surface area (Å²) in [4.78, 5) is 0. The van der Waals surface area contributed by atoms with E-state index in [9.17, 15) is 0 Å². The molecule has 1 aromatic carbocycles. The smallest absolute Gasteiger partial charge is 0.00469 e. The van der Waals surface area contributed by atoms with E-state index in [1.165, 1.54) is 103 Å². The zero-order chi connectivity index (χ0) is 18.2. The van der Waals surface area contributed by atoms with Crippen molar-refractivity contribution in [2.75, 3.05) is 0 Å². The Labute approximate surface area is 163 Å². The van der Waals surface area contributed by atoms with Crippen LogP contribution in [0.25, 0.3) is 0 Å². The maximum Gasteiger partial charge on any atom is -0.00469 e. The van der Waals surface area contributed by atoms with Gasteiger partial charge in [-0.05, 0) is 66.5 Å². The number of hydrogen-bond acceptors (Lipinski definition) is 0. The molecule has 0 saturated heterocycles. The molecule has 0 spiro atoms. The standard InChI is InChI=1S/C26H42/c1-3-5-6-7-9-17-26(18-10-8-11-19-26)25-16-15-23-20-22(12-4-2)13-14-24(23)21-25/h15-16,21-22H,3-14,17-20H2,1-2H3. The topological polar surface area (TPSA) is 0 Å². The molecule has 0 heteroatoms. The van der Waals surface area contributed by atoms with Gasteiger partial charge in [0.25, 0.3) is 0 Å². The predicted octanol–water partition coefficient (Wildman–Crippen LogP) is 8.15. The molecule has 1 fully saturated rings. The second-order valence-corrected chi connectivity index (χ2v) is 9.39. The number of hydrogen-bond donors (Lipinski definition) is 0. The molecular formula is C26H42. The fourth-order valence-electron chi connectivity index (χ4n) is 5.79. The first-order valence-electron chi connectivity index (χ1n) is 11.9. The third-order valence-corrected chi connectivity index (χ3v) is 7.42. The van der Waals surface area contributed by atoms with Crippen molar-refractivity contribution in [2.24, 2.45) is 5.92 Å². The van der Waals surface area contributed by atoms with Crippen molar-refractivity contribution in [3.05, 3.63) is 34.9 Å². The largest absolute Gasteiger partial charge is 0.0654 e. The second kappa shape index (κ2) is 9.95. The van der Waals surface area contributed by atoms with Gasteiger partial charge in [-0.2, -0.15) is 0 Å². The summed E-state index contributed by atoms with van der Waals surface area (Å²) in [5.41, 5.74) is 5.60. The van der Waals surface area contributed by atoms with Crippen LogP contribution in [0.1, 0.15) is 120 Å². The summed E-state index contributed by atoms with van der Waals surface area (Å²) in [6.45, 7) is 4.66. The van der Waals surface area contributed by atoms with Gasteiger partial charge in [0, 0.05) is 0 Å². The Morgan fingerprint density at radius 1 is 0.885 bits per heavy atom. The van der Waals surface area contributed by atoms with Gasteiger partial charge < -0.3 is 0 Å². The lowest BCUT2D eigenvalue weighted by Crippen LogP contribution is -2.29. The van der Waals surface area contributed by atoms with E-state index in [1.807, 2.05) is 0 Å². The highest BCUT2D eigenvalue weighted by molar-refractivity contribution is 5.38. The monoisotopic (exact) mass is 354 g/mol. The lowest BCUT2D eigenvalue weighted by molar-refractivity contribution is 0.265. The van der Waals surface area contributed by atoms with Gasteiger partial charge in [0.1, 0.15) is 0 Å². The zero-order valence-electron chi connectivity index (χ0n) is 17.6. The van der Waals surface area contributed by atoms with Gasteiger partial charge >= 0.3 is 0 Å². The molecule has 0 amide bonds. The Morgan fingerprint density at radius 3 is 2.46 bits per heavy atom. The van der Waals surface area contributed by atoms with Gasteiger partial charge in [-0.15, -0.1) is 0 Å². The van der Waals surface area contributed by atoms with Crippen molar-refractivity contribution in [3.8, 4) is 0 Å². The number of unbranched alkanes of at least 4 members (excludes halogenated alkanes) is 4. The van der Waals surface area contributed by atoms with E-state index in [4.69, 9.17) is 0 Å². The summed E-state index contributed by atoms with van der Waals surface area (Å²) in [6.07, 6.45) is 22.6. The summed E-state index contributed by atoms with van der Waals surface area (Å²) in [5.74, 6) is 0.945. The number of benzene rings is 1. The molecule has 0 aromatic heterocycles. The predicted molar refractivity (Wildman–Crippen MR) is 115 cm³/mol. The van der Waals surface area contributed by atoms with Crippen LogP contribution in [0.3, 0.4) is 0 Å². The number of fused-ring (bicyclic) bond motifs is 1. The van der Waals surface area contributed by atoms with Crippen molar-refractivity contribution in [2.45, 2.75) is 122 Å². The van der Waals surface area contributed by atoms with Crippen molar-refractivity contribution in [1.82, 2.24) is 0 Å². The molecule has 1 saturated carbocycles. The molecule has 3 rings (SSSR count). The molecule has 2 aliphatic rings. The van der Waals surface area contributed by atoms with Crippen molar-refractivity contribution < 1.29 is 0 Å². The first kappa shape index (κ1) is 20.0. The summed E-state index contributed by atoms with van der Waals surface area (Å²) in [5, 5.41) is 0. The molecule has 0 bridgehead atoms. The van der Waals surface area contributed by atoms with Crippen LogP contribution in [0.5, 0.6) is 0 Å². The first-order valence-corrected chi connectivity index (χ1v) is 11.9. The molecule has 26 heavy (non-hydrogen) atoms. The Bertz CT molecular complexity index is 535. The molecule has 1 aromatic rings. The van der Waals surface area contributed by atoms with Crippen LogP contribution in [0.2, 0.25) is 0 Å². The summed E-state index contributed by atoms with van der Waals surface area (Å²) >= 11 is 0. The van der Waals surface area contributed by atoms with Crippen LogP contribution in [-0.2, 0) is 18.3 Å². The van der Waals surface area contributed by atoms with E-state index in [0.717, 1.165) is 5.92 Å². The van der Waals surface area contributed by atoms with Crippen molar-refractivity contribution >= 4 is 0 Å². The molecule has 1 atom stereocenters. The molecule has 0 radical (unpaired) electrons. The average molecular weight is 355 g/mol. The highest BCUT2D eigenvalue weighted by Gasteiger charge is 2.34. The Balaban J connectivity index is 1.70. The normalized spacial score (nSPS) is 22.2. The minimum Gasteiger partial charge on any atom is -0.0654 e. The van der Waals surface area contributed by atoms with E-state index >= 15 is 0 Å². The van der Waals surface area contributed by atoms with Crippen LogP contribution < -0.4 is 0 Å². The first-order chi connectivity index (χ1) is 12.8. The van der Waals surface area contributed by atoms with E-state index in [0.29, 0.717) is 5.41 Å². The maximum absolute atomic E-state index is 2.66. The Hall–Kier alpha value is -0.780. The van der Waals surface area contributed by atoms with E-state index in [-0.39, 0.29) is 0 Å². The Morgan fingerprint density at radius 2 is 1.69 bits per heavy atom. The number of aryl methyl sites for hydroxylation is 1. The molecule has 0 N–H and O–H groups in total. The van der Waals surface area contributed by atoms with Crippen LogP contribution in [0.4, 0.5) is 0 Å². The molecule has 0 aliphatic heterocycles. The number of rotatable bonds is 9. The van der Waals surface area contributed by atoms with Crippen molar-refractivity contribution in [3.63, 3.8) is 0 Å². The van der Waals surface area contributed by atoms with E-state index in [1.54, 1.807) is 16.7 Å². The van der Waals surface area contributed by atoms with Crippen LogP contribution >= 0.6 is 0 Å². The second-order valence-electron chi connectivity index (χ2n) is 9.39. The van der Waals surface area contributed by atoms with Crippen molar-refractivity contribution in [1.29, 1.82) is 0 Å².